The quantitative estimate of drug-likeness (QED) is 0.852. The van der Waals surface area contributed by atoms with Gasteiger partial charge in [0.15, 0.2) is 12.1 Å². The standard InChI is InChI=1S/C16H20O6/c1-15(2)21-12-14(22-15)20-11(16(12,3)18)9-19-13(17)10-7-5-4-6-8-10/h4-8,11-12,14,18H,9H2,1-3H3/t11-,12?,14+,16?/m1/s1. The van der Waals surface area contributed by atoms with Crippen LogP contribution in [0.15, 0.2) is 30.3 Å². The highest BCUT2D eigenvalue weighted by molar-refractivity contribution is 5.89. The Labute approximate surface area is 128 Å². The van der Waals surface area contributed by atoms with Gasteiger partial charge in [0.25, 0.3) is 0 Å². The second-order valence-corrected chi connectivity index (χ2v) is 6.24. The van der Waals surface area contributed by atoms with Gasteiger partial charge in [-0.3, -0.25) is 0 Å². The number of fused-ring (bicyclic) bond motifs is 1. The van der Waals surface area contributed by atoms with Gasteiger partial charge < -0.3 is 24.1 Å². The van der Waals surface area contributed by atoms with E-state index >= 15 is 0 Å². The van der Waals surface area contributed by atoms with Crippen LogP contribution in [0.5, 0.6) is 0 Å². The van der Waals surface area contributed by atoms with E-state index in [1.807, 2.05) is 6.07 Å². The number of carbonyl (C=O) groups is 1. The van der Waals surface area contributed by atoms with Crippen LogP contribution >= 0.6 is 0 Å². The van der Waals surface area contributed by atoms with Crippen molar-refractivity contribution in [3.05, 3.63) is 35.9 Å². The molecule has 6 nitrogen and oxygen atoms in total. The van der Waals surface area contributed by atoms with Gasteiger partial charge >= 0.3 is 5.97 Å². The summed E-state index contributed by atoms with van der Waals surface area (Å²) in [4.78, 5) is 11.9. The summed E-state index contributed by atoms with van der Waals surface area (Å²) < 4.78 is 22.1. The molecule has 2 aliphatic heterocycles. The Morgan fingerprint density at radius 1 is 1.23 bits per heavy atom. The number of esters is 1. The number of ether oxygens (including phenoxy) is 4. The highest BCUT2D eigenvalue weighted by atomic mass is 16.8. The predicted molar refractivity (Wildman–Crippen MR) is 76.0 cm³/mol. The molecule has 120 valence electrons. The predicted octanol–water partition coefficient (Wildman–Crippen LogP) is 1.47. The molecule has 2 fully saturated rings. The van der Waals surface area contributed by atoms with Crippen molar-refractivity contribution in [2.75, 3.05) is 6.61 Å². The first-order chi connectivity index (χ1) is 10.3. The SMILES string of the molecule is CC1(C)OC2[C@@H](O[C@H](COC(=O)c3ccccc3)C2(C)O)O1. The van der Waals surface area contributed by atoms with Gasteiger partial charge in [-0.1, -0.05) is 18.2 Å². The molecule has 0 aromatic heterocycles. The number of aliphatic hydroxyl groups is 1. The summed E-state index contributed by atoms with van der Waals surface area (Å²) in [5, 5.41) is 10.6. The molecular weight excluding hydrogens is 288 g/mol. The Balaban J connectivity index is 1.62. The summed E-state index contributed by atoms with van der Waals surface area (Å²) in [7, 11) is 0. The van der Waals surface area contributed by atoms with Crippen LogP contribution in [0.25, 0.3) is 0 Å². The van der Waals surface area contributed by atoms with E-state index in [2.05, 4.69) is 0 Å². The molecular formula is C16H20O6. The molecule has 2 heterocycles. The van der Waals surface area contributed by atoms with Crippen LogP contribution in [0.4, 0.5) is 0 Å². The van der Waals surface area contributed by atoms with Crippen molar-refractivity contribution in [3.63, 3.8) is 0 Å². The number of rotatable bonds is 3. The van der Waals surface area contributed by atoms with Crippen LogP contribution in [0.2, 0.25) is 0 Å². The van der Waals surface area contributed by atoms with Gasteiger partial charge in [-0.15, -0.1) is 0 Å². The number of hydrogen-bond acceptors (Lipinski definition) is 6. The summed E-state index contributed by atoms with van der Waals surface area (Å²) in [5.74, 6) is -1.26. The molecule has 1 aromatic rings. The molecule has 2 saturated heterocycles. The van der Waals surface area contributed by atoms with E-state index in [9.17, 15) is 9.90 Å². The molecule has 0 spiro atoms. The minimum absolute atomic E-state index is 0.0686. The Bertz CT molecular complexity index is 553. The largest absolute Gasteiger partial charge is 0.459 e. The molecule has 0 aliphatic carbocycles. The fraction of sp³-hybridized carbons (Fsp3) is 0.562. The Morgan fingerprint density at radius 3 is 2.55 bits per heavy atom. The van der Waals surface area contributed by atoms with Crippen molar-refractivity contribution in [2.45, 2.75) is 50.7 Å². The normalized spacial score (nSPS) is 36.1. The lowest BCUT2D eigenvalue weighted by Crippen LogP contribution is -2.48. The summed E-state index contributed by atoms with van der Waals surface area (Å²) in [6.07, 6.45) is -1.97. The average Bonchev–Trinajstić information content (AvgIpc) is 2.89. The maximum Gasteiger partial charge on any atom is 0.338 e. The number of benzene rings is 1. The monoisotopic (exact) mass is 308 g/mol. The van der Waals surface area contributed by atoms with Gasteiger partial charge in [-0.05, 0) is 32.9 Å². The first-order valence-corrected chi connectivity index (χ1v) is 7.25. The van der Waals surface area contributed by atoms with Gasteiger partial charge in [0.1, 0.15) is 24.4 Å². The smallest absolute Gasteiger partial charge is 0.338 e. The molecule has 1 N–H and O–H groups in total. The van der Waals surface area contributed by atoms with Crippen molar-refractivity contribution < 1.29 is 28.8 Å². The van der Waals surface area contributed by atoms with E-state index < -0.39 is 35.9 Å². The number of carbonyl (C=O) groups excluding carboxylic acids is 1. The van der Waals surface area contributed by atoms with Crippen molar-refractivity contribution in [1.29, 1.82) is 0 Å². The lowest BCUT2D eigenvalue weighted by molar-refractivity contribution is -0.230. The first kappa shape index (κ1) is 15.4. The van der Waals surface area contributed by atoms with Crippen LogP contribution in [-0.4, -0.2) is 47.6 Å². The van der Waals surface area contributed by atoms with Crippen molar-refractivity contribution >= 4 is 5.97 Å². The van der Waals surface area contributed by atoms with Crippen molar-refractivity contribution in [1.82, 2.24) is 0 Å². The second-order valence-electron chi connectivity index (χ2n) is 6.24. The first-order valence-electron chi connectivity index (χ1n) is 7.25. The Kier molecular flexibility index (Phi) is 3.72. The molecule has 0 saturated carbocycles. The average molecular weight is 308 g/mol. The van der Waals surface area contributed by atoms with Crippen LogP contribution in [0.3, 0.4) is 0 Å². The van der Waals surface area contributed by atoms with Gasteiger partial charge in [0, 0.05) is 0 Å². The van der Waals surface area contributed by atoms with Gasteiger partial charge in [-0.2, -0.15) is 0 Å². The number of hydrogen-bond donors (Lipinski definition) is 1. The van der Waals surface area contributed by atoms with E-state index in [0.29, 0.717) is 5.56 Å². The lowest BCUT2D eigenvalue weighted by Gasteiger charge is -2.29. The van der Waals surface area contributed by atoms with Crippen LogP contribution in [0.1, 0.15) is 31.1 Å². The lowest BCUT2D eigenvalue weighted by atomic mass is 9.95. The molecule has 2 aliphatic rings. The van der Waals surface area contributed by atoms with E-state index in [4.69, 9.17) is 18.9 Å². The Morgan fingerprint density at radius 2 is 1.91 bits per heavy atom. The molecule has 0 bridgehead atoms. The highest BCUT2D eigenvalue weighted by Gasteiger charge is 2.61. The summed E-state index contributed by atoms with van der Waals surface area (Å²) >= 11 is 0. The maximum atomic E-state index is 11.9. The zero-order valence-electron chi connectivity index (χ0n) is 12.8. The molecule has 0 radical (unpaired) electrons. The third-order valence-corrected chi connectivity index (χ3v) is 3.96. The molecule has 3 rings (SSSR count). The second kappa shape index (κ2) is 5.31. The van der Waals surface area contributed by atoms with E-state index in [-0.39, 0.29) is 6.61 Å². The molecule has 22 heavy (non-hydrogen) atoms. The summed E-state index contributed by atoms with van der Waals surface area (Å²) in [5.41, 5.74) is -0.843. The third-order valence-electron chi connectivity index (χ3n) is 3.96. The summed E-state index contributed by atoms with van der Waals surface area (Å²) in [6.45, 7) is 5.05. The molecule has 6 heteroatoms. The molecule has 1 aromatic carbocycles. The Hall–Kier alpha value is -1.47. The van der Waals surface area contributed by atoms with E-state index in [1.165, 1.54) is 0 Å². The minimum Gasteiger partial charge on any atom is -0.459 e. The maximum absolute atomic E-state index is 11.9. The van der Waals surface area contributed by atoms with Crippen LogP contribution < -0.4 is 0 Å². The highest BCUT2D eigenvalue weighted by Crippen LogP contribution is 2.42. The summed E-state index contributed by atoms with van der Waals surface area (Å²) in [6, 6.07) is 8.66. The molecule has 4 atom stereocenters. The topological polar surface area (TPSA) is 74.2 Å². The van der Waals surface area contributed by atoms with Crippen LogP contribution in [0, 0.1) is 0 Å². The fourth-order valence-electron chi connectivity index (χ4n) is 2.72. The zero-order valence-corrected chi connectivity index (χ0v) is 12.8. The molecule has 2 unspecified atom stereocenters. The molecule has 0 amide bonds. The van der Waals surface area contributed by atoms with Crippen LogP contribution in [-0.2, 0) is 18.9 Å². The van der Waals surface area contributed by atoms with E-state index in [1.54, 1.807) is 45.0 Å². The van der Waals surface area contributed by atoms with E-state index in [0.717, 1.165) is 0 Å². The zero-order chi connectivity index (χ0) is 16.0. The van der Waals surface area contributed by atoms with Gasteiger partial charge in [0.05, 0.1) is 5.56 Å². The fourth-order valence-corrected chi connectivity index (χ4v) is 2.72. The van der Waals surface area contributed by atoms with Gasteiger partial charge in [-0.25, -0.2) is 4.79 Å². The van der Waals surface area contributed by atoms with Crippen molar-refractivity contribution in [3.8, 4) is 0 Å². The van der Waals surface area contributed by atoms with Gasteiger partial charge in [0.2, 0.25) is 0 Å². The third kappa shape index (κ3) is 2.75. The minimum atomic E-state index is -1.30. The van der Waals surface area contributed by atoms with Crippen molar-refractivity contribution in [2.24, 2.45) is 0 Å².